The van der Waals surface area contributed by atoms with Gasteiger partial charge in [0.05, 0.1) is 26.1 Å². The highest BCUT2D eigenvalue weighted by molar-refractivity contribution is 5.69. The van der Waals surface area contributed by atoms with Crippen molar-refractivity contribution in [2.75, 3.05) is 26.1 Å². The first kappa shape index (κ1) is 22.4. The maximum atomic E-state index is 13.3. The molecule has 7 aliphatic rings. The van der Waals surface area contributed by atoms with Gasteiger partial charge in [0.25, 0.3) is 0 Å². The minimum atomic E-state index is -4.41. The molecule has 0 saturated heterocycles. The van der Waals surface area contributed by atoms with E-state index in [2.05, 4.69) is 25.3 Å². The van der Waals surface area contributed by atoms with Gasteiger partial charge in [0.2, 0.25) is 5.88 Å². The van der Waals surface area contributed by atoms with Gasteiger partial charge in [0, 0.05) is 31.1 Å². The smallest absolute Gasteiger partial charge is 0.434 e. The Bertz CT molecular complexity index is 1530. The van der Waals surface area contributed by atoms with Crippen LogP contribution >= 0.6 is 0 Å². The second kappa shape index (κ2) is 6.64. The van der Waals surface area contributed by atoms with Gasteiger partial charge < -0.3 is 19.4 Å². The molecule has 7 fully saturated rings. The fourth-order valence-electron chi connectivity index (χ4n) is 9.97. The summed E-state index contributed by atoms with van der Waals surface area (Å²) in [6.07, 6.45) is 2.07. The van der Waals surface area contributed by atoms with Crippen LogP contribution in [-0.4, -0.2) is 50.3 Å². The number of methoxy groups -OCH3 is 2. The molecule has 0 aliphatic heterocycles. The van der Waals surface area contributed by atoms with E-state index in [0.29, 0.717) is 70.5 Å². The number of nitrogens with one attached hydrogen (secondary N) is 1. The molecule has 0 unspecified atom stereocenters. The molecular formula is C27H26F3N7O2. The van der Waals surface area contributed by atoms with Crippen molar-refractivity contribution >= 4 is 5.82 Å². The van der Waals surface area contributed by atoms with E-state index in [0.717, 1.165) is 36.8 Å². The molecule has 3 aromatic heterocycles. The highest BCUT2D eigenvalue weighted by atomic mass is 19.4. The summed E-state index contributed by atoms with van der Waals surface area (Å²) in [6.45, 7) is 0.770. The average molecular weight is 538 g/mol. The molecule has 0 atom stereocenters. The maximum Gasteiger partial charge on any atom is 0.434 e. The quantitative estimate of drug-likeness (QED) is 0.465. The van der Waals surface area contributed by atoms with Gasteiger partial charge in [-0.15, -0.1) is 0 Å². The molecule has 0 aromatic carbocycles. The Morgan fingerprint density at radius 2 is 1.72 bits per heavy atom. The highest BCUT2D eigenvalue weighted by Gasteiger charge is 3.10. The van der Waals surface area contributed by atoms with Gasteiger partial charge in [-0.25, -0.2) is 24.9 Å². The second-order valence-corrected chi connectivity index (χ2v) is 12.1. The normalized spacial score (nSPS) is 37.5. The Balaban J connectivity index is 0.980. The Morgan fingerprint density at radius 1 is 1.00 bits per heavy atom. The van der Waals surface area contributed by atoms with Crippen molar-refractivity contribution in [2.45, 2.75) is 30.4 Å². The van der Waals surface area contributed by atoms with Crippen molar-refractivity contribution in [3.63, 3.8) is 0 Å². The van der Waals surface area contributed by atoms with Crippen LogP contribution in [0.2, 0.25) is 0 Å². The van der Waals surface area contributed by atoms with E-state index >= 15 is 0 Å². The van der Waals surface area contributed by atoms with E-state index in [4.69, 9.17) is 14.5 Å². The zero-order valence-corrected chi connectivity index (χ0v) is 21.5. The van der Waals surface area contributed by atoms with E-state index in [1.54, 1.807) is 32.0 Å². The van der Waals surface area contributed by atoms with E-state index < -0.39 is 11.9 Å². The number of ether oxygens (including phenoxy) is 2. The molecule has 0 amide bonds. The zero-order chi connectivity index (χ0) is 26.6. The molecule has 9 nitrogen and oxygen atoms in total. The summed E-state index contributed by atoms with van der Waals surface area (Å²) in [7, 11) is 4.89. The summed E-state index contributed by atoms with van der Waals surface area (Å²) >= 11 is 0. The summed E-state index contributed by atoms with van der Waals surface area (Å²) in [5.41, 5.74) is 0.945. The van der Waals surface area contributed by atoms with Crippen LogP contribution in [0.15, 0.2) is 18.7 Å². The minimum absolute atomic E-state index is 0.122. The Hall–Kier alpha value is -3.44. The second-order valence-electron chi connectivity index (χ2n) is 12.1. The van der Waals surface area contributed by atoms with Gasteiger partial charge in [-0.05, 0) is 53.8 Å². The van der Waals surface area contributed by atoms with Crippen LogP contribution < -0.4 is 14.8 Å². The Kier molecular flexibility index (Phi) is 3.81. The van der Waals surface area contributed by atoms with Gasteiger partial charge >= 0.3 is 6.18 Å². The van der Waals surface area contributed by atoms with Gasteiger partial charge in [-0.2, -0.15) is 13.2 Å². The van der Waals surface area contributed by atoms with Gasteiger partial charge in [0.1, 0.15) is 17.7 Å². The molecule has 7 saturated carbocycles. The molecule has 3 heterocycles. The first-order chi connectivity index (χ1) is 18.8. The van der Waals surface area contributed by atoms with Crippen molar-refractivity contribution in [2.24, 2.45) is 48.0 Å². The van der Waals surface area contributed by atoms with Crippen molar-refractivity contribution in [1.29, 1.82) is 0 Å². The lowest BCUT2D eigenvalue weighted by Crippen LogP contribution is -3.12. The van der Waals surface area contributed by atoms with Crippen molar-refractivity contribution in [3.05, 3.63) is 35.9 Å². The molecule has 3 aromatic rings. The lowest BCUT2D eigenvalue weighted by molar-refractivity contribution is -0.626. The Morgan fingerprint density at radius 3 is 2.31 bits per heavy atom. The molecule has 12 heteroatoms. The number of aromatic nitrogens is 6. The molecule has 0 bridgehead atoms. The van der Waals surface area contributed by atoms with Crippen molar-refractivity contribution in [1.82, 2.24) is 29.5 Å². The zero-order valence-electron chi connectivity index (χ0n) is 21.5. The summed E-state index contributed by atoms with van der Waals surface area (Å²) < 4.78 is 52.7. The number of imidazole rings is 1. The topological polar surface area (TPSA) is 99.9 Å². The lowest BCUT2D eigenvalue weighted by atomic mass is 8.92. The van der Waals surface area contributed by atoms with Crippen molar-refractivity contribution in [3.8, 4) is 23.0 Å². The molecule has 1 N–H and O–H groups in total. The monoisotopic (exact) mass is 537 g/mol. The third-order valence-electron chi connectivity index (χ3n) is 11.2. The third-order valence-corrected chi connectivity index (χ3v) is 11.2. The van der Waals surface area contributed by atoms with Crippen LogP contribution in [0, 0.1) is 40.9 Å². The first-order valence-corrected chi connectivity index (χ1v) is 13.4. The van der Waals surface area contributed by atoms with Gasteiger partial charge in [0.15, 0.2) is 23.1 Å². The predicted octanol–water partition coefficient (Wildman–Crippen LogP) is 3.68. The highest BCUT2D eigenvalue weighted by Crippen LogP contribution is 3.09. The van der Waals surface area contributed by atoms with E-state index in [-0.39, 0.29) is 10.8 Å². The van der Waals surface area contributed by atoms with Crippen LogP contribution in [0.3, 0.4) is 0 Å². The number of nitrogens with zero attached hydrogens (tertiary/aromatic N) is 6. The largest absolute Gasteiger partial charge is 0.491 e. The van der Waals surface area contributed by atoms with E-state index in [9.17, 15) is 13.2 Å². The molecule has 10 rings (SSSR count). The molecule has 202 valence electrons. The van der Waals surface area contributed by atoms with Gasteiger partial charge in [-0.3, -0.25) is 0 Å². The lowest BCUT2D eigenvalue weighted by Gasteiger charge is -3.11. The molecule has 7 aliphatic carbocycles. The number of anilines is 1. The third kappa shape index (κ3) is 2.22. The first-order valence-electron chi connectivity index (χ1n) is 13.4. The maximum absolute atomic E-state index is 13.3. The summed E-state index contributed by atoms with van der Waals surface area (Å²) in [5.74, 6) is 6.16. The SMILES string of the molecule is COc1cnc(-c2c(OC)ncnc2C2CC2)nc1NCC12C3C4C1C1C2C3C41c1nc(C(F)(F)F)cn1C. The van der Waals surface area contributed by atoms with E-state index in [1.807, 2.05) is 0 Å². The average Bonchev–Trinajstić information content (AvgIpc) is 3.71. The van der Waals surface area contributed by atoms with Crippen LogP contribution in [-0.2, 0) is 18.6 Å². The van der Waals surface area contributed by atoms with Crippen LogP contribution in [0.1, 0.15) is 36.0 Å². The number of hydrogen-bond acceptors (Lipinski definition) is 8. The fraction of sp³-hybridized carbons (Fsp3) is 0.593. The number of rotatable bonds is 8. The number of aryl methyl sites for hydroxylation is 1. The molecular weight excluding hydrogens is 511 g/mol. The molecule has 0 radical (unpaired) electrons. The summed E-state index contributed by atoms with van der Waals surface area (Å²) in [5, 5.41) is 3.57. The predicted molar refractivity (Wildman–Crippen MR) is 130 cm³/mol. The van der Waals surface area contributed by atoms with Crippen molar-refractivity contribution < 1.29 is 22.6 Å². The summed E-state index contributed by atoms with van der Waals surface area (Å²) in [4.78, 5) is 22.3. The molecule has 0 spiro atoms. The van der Waals surface area contributed by atoms with Gasteiger partial charge in [-0.1, -0.05) is 0 Å². The summed E-state index contributed by atoms with van der Waals surface area (Å²) in [6, 6.07) is 0. The number of hydrogen-bond donors (Lipinski definition) is 1. The van der Waals surface area contributed by atoms with Crippen LogP contribution in [0.4, 0.5) is 19.0 Å². The molecule has 39 heavy (non-hydrogen) atoms. The van der Waals surface area contributed by atoms with Crippen LogP contribution in [0.5, 0.6) is 11.6 Å². The van der Waals surface area contributed by atoms with E-state index in [1.165, 1.54) is 6.33 Å². The number of halogens is 3. The Labute approximate surface area is 221 Å². The van der Waals surface area contributed by atoms with Crippen LogP contribution in [0.25, 0.3) is 11.4 Å². The number of alkyl halides is 3. The fourth-order valence-corrected chi connectivity index (χ4v) is 9.97. The standard InChI is InChI=1S/C27H26F3N7O2/c1-37-7-12(27(28,29)30)35-24(37)26-17-14-18(26)16-19(26)15(17)25(14,16)8-32-21-11(38-2)6-31-22(36-21)13-20(10-4-5-10)33-9-34-23(13)39-3/h6-7,9-10,14-19H,4-5,8H2,1-3H3,(H,31,32,36). The minimum Gasteiger partial charge on any atom is -0.491 e.